The largest absolute Gasteiger partial charge is 0.497 e. The van der Waals surface area contributed by atoms with E-state index < -0.39 is 5.91 Å². The molecular formula is C16H12Cl2N2O3S. The summed E-state index contributed by atoms with van der Waals surface area (Å²) >= 11 is 13.4. The number of anilines is 1. The molecule has 124 valence electrons. The number of methoxy groups -OCH3 is 2. The van der Waals surface area contributed by atoms with Crippen LogP contribution >= 0.6 is 34.5 Å². The van der Waals surface area contributed by atoms with Gasteiger partial charge in [0.05, 0.1) is 35.0 Å². The van der Waals surface area contributed by atoms with Crippen molar-refractivity contribution in [3.63, 3.8) is 0 Å². The number of aromatic nitrogens is 1. The van der Waals surface area contributed by atoms with Gasteiger partial charge in [-0.3, -0.25) is 10.1 Å². The Kier molecular flexibility index (Phi) is 4.80. The van der Waals surface area contributed by atoms with E-state index in [4.69, 9.17) is 32.7 Å². The third kappa shape index (κ3) is 3.26. The van der Waals surface area contributed by atoms with Crippen LogP contribution in [0.2, 0.25) is 10.0 Å². The maximum absolute atomic E-state index is 12.5. The number of amides is 1. The quantitative estimate of drug-likeness (QED) is 0.698. The Balaban J connectivity index is 1.92. The zero-order valence-corrected chi connectivity index (χ0v) is 15.1. The first kappa shape index (κ1) is 16.8. The Morgan fingerprint density at radius 3 is 2.67 bits per heavy atom. The van der Waals surface area contributed by atoms with Gasteiger partial charge in [-0.25, -0.2) is 4.98 Å². The Bertz CT molecular complexity index is 927. The van der Waals surface area contributed by atoms with E-state index in [1.165, 1.54) is 30.6 Å². The molecule has 0 spiro atoms. The second-order valence-electron chi connectivity index (χ2n) is 4.78. The van der Waals surface area contributed by atoms with Crippen LogP contribution < -0.4 is 14.8 Å². The average Bonchev–Trinajstić information content (AvgIpc) is 2.95. The molecule has 0 saturated carbocycles. The first-order chi connectivity index (χ1) is 11.5. The summed E-state index contributed by atoms with van der Waals surface area (Å²) in [6.07, 6.45) is 0. The van der Waals surface area contributed by atoms with E-state index >= 15 is 0 Å². The lowest BCUT2D eigenvalue weighted by molar-refractivity contribution is 0.102. The van der Waals surface area contributed by atoms with Gasteiger partial charge < -0.3 is 9.47 Å². The number of benzene rings is 2. The standard InChI is InChI=1S/C16H12Cl2N2O3S/c1-22-9-3-4-12-13(7-9)24-16(19-12)20-15(21)10-5-8(17)6-11(18)14(10)23-2/h3-7H,1-2H3,(H,19,20,21). The number of fused-ring (bicyclic) bond motifs is 1. The van der Waals surface area contributed by atoms with Gasteiger partial charge in [0.2, 0.25) is 0 Å². The van der Waals surface area contributed by atoms with Gasteiger partial charge in [0.1, 0.15) is 11.5 Å². The van der Waals surface area contributed by atoms with Crippen LogP contribution in [0, 0.1) is 0 Å². The van der Waals surface area contributed by atoms with E-state index in [1.54, 1.807) is 7.11 Å². The lowest BCUT2D eigenvalue weighted by Crippen LogP contribution is -2.13. The van der Waals surface area contributed by atoms with Crippen molar-refractivity contribution < 1.29 is 14.3 Å². The van der Waals surface area contributed by atoms with Gasteiger partial charge in [0, 0.05) is 5.02 Å². The van der Waals surface area contributed by atoms with E-state index in [9.17, 15) is 4.79 Å². The SMILES string of the molecule is COc1ccc2nc(NC(=O)c3cc(Cl)cc(Cl)c3OC)sc2c1. The summed E-state index contributed by atoms with van der Waals surface area (Å²) in [5.74, 6) is 0.593. The monoisotopic (exact) mass is 382 g/mol. The number of carbonyl (C=O) groups excluding carboxylic acids is 1. The number of hydrogen-bond acceptors (Lipinski definition) is 5. The van der Waals surface area contributed by atoms with Crippen molar-refractivity contribution in [2.24, 2.45) is 0 Å². The highest BCUT2D eigenvalue weighted by atomic mass is 35.5. The van der Waals surface area contributed by atoms with E-state index in [0.29, 0.717) is 10.2 Å². The van der Waals surface area contributed by atoms with E-state index in [1.807, 2.05) is 18.2 Å². The average molecular weight is 383 g/mol. The Labute approximate surface area is 152 Å². The molecule has 0 aliphatic carbocycles. The molecule has 1 amide bonds. The van der Waals surface area contributed by atoms with Gasteiger partial charge in [-0.15, -0.1) is 0 Å². The van der Waals surface area contributed by atoms with Crippen LogP contribution in [0.3, 0.4) is 0 Å². The smallest absolute Gasteiger partial charge is 0.261 e. The zero-order valence-electron chi connectivity index (χ0n) is 12.7. The number of halogens is 2. The highest BCUT2D eigenvalue weighted by Gasteiger charge is 2.18. The fourth-order valence-corrected chi connectivity index (χ4v) is 3.65. The Hall–Kier alpha value is -2.02. The molecule has 1 N–H and O–H groups in total. The molecule has 0 bridgehead atoms. The molecular weight excluding hydrogens is 371 g/mol. The second kappa shape index (κ2) is 6.84. The summed E-state index contributed by atoms with van der Waals surface area (Å²) in [5.41, 5.74) is 1.01. The highest BCUT2D eigenvalue weighted by molar-refractivity contribution is 7.22. The van der Waals surface area contributed by atoms with Crippen molar-refractivity contribution in [1.29, 1.82) is 0 Å². The fourth-order valence-electron chi connectivity index (χ4n) is 2.19. The van der Waals surface area contributed by atoms with Crippen molar-refractivity contribution in [3.8, 4) is 11.5 Å². The summed E-state index contributed by atoms with van der Waals surface area (Å²) in [5, 5.41) is 3.82. The van der Waals surface area contributed by atoms with Gasteiger partial charge in [0.15, 0.2) is 5.13 Å². The molecule has 5 nitrogen and oxygen atoms in total. The molecule has 0 radical (unpaired) electrons. The molecule has 0 unspecified atom stereocenters. The van der Waals surface area contributed by atoms with Crippen LogP contribution in [0.15, 0.2) is 30.3 Å². The molecule has 2 aromatic carbocycles. The number of ether oxygens (including phenoxy) is 2. The van der Waals surface area contributed by atoms with Crippen LogP contribution in [0.1, 0.15) is 10.4 Å². The van der Waals surface area contributed by atoms with Crippen LogP contribution in [0.4, 0.5) is 5.13 Å². The molecule has 8 heteroatoms. The number of rotatable bonds is 4. The van der Waals surface area contributed by atoms with Crippen LogP contribution in [-0.2, 0) is 0 Å². The summed E-state index contributed by atoms with van der Waals surface area (Å²) in [6, 6.07) is 8.52. The summed E-state index contributed by atoms with van der Waals surface area (Å²) in [7, 11) is 3.04. The lowest BCUT2D eigenvalue weighted by atomic mass is 10.2. The molecule has 3 aromatic rings. The normalized spacial score (nSPS) is 10.7. The number of hydrogen-bond donors (Lipinski definition) is 1. The summed E-state index contributed by atoms with van der Waals surface area (Å²) in [4.78, 5) is 16.9. The van der Waals surface area contributed by atoms with Crippen molar-refractivity contribution >= 4 is 55.8 Å². The highest BCUT2D eigenvalue weighted by Crippen LogP contribution is 2.34. The van der Waals surface area contributed by atoms with Crippen LogP contribution in [0.5, 0.6) is 11.5 Å². The molecule has 0 fully saturated rings. The van der Waals surface area contributed by atoms with Gasteiger partial charge in [0.25, 0.3) is 5.91 Å². The van der Waals surface area contributed by atoms with Gasteiger partial charge in [-0.2, -0.15) is 0 Å². The molecule has 24 heavy (non-hydrogen) atoms. The number of nitrogens with one attached hydrogen (secondary N) is 1. The molecule has 1 aromatic heterocycles. The van der Waals surface area contributed by atoms with Gasteiger partial charge in [-0.05, 0) is 30.3 Å². The first-order valence-electron chi connectivity index (χ1n) is 6.81. The first-order valence-corrected chi connectivity index (χ1v) is 8.38. The summed E-state index contributed by atoms with van der Waals surface area (Å²) in [6.45, 7) is 0. The van der Waals surface area contributed by atoms with Crippen molar-refractivity contribution in [3.05, 3.63) is 45.9 Å². The minimum absolute atomic E-state index is 0.242. The molecule has 3 rings (SSSR count). The minimum Gasteiger partial charge on any atom is -0.497 e. The molecule has 0 aliphatic rings. The van der Waals surface area contributed by atoms with E-state index in [-0.39, 0.29) is 16.3 Å². The van der Waals surface area contributed by atoms with Crippen molar-refractivity contribution in [2.45, 2.75) is 0 Å². The van der Waals surface area contributed by atoms with Crippen molar-refractivity contribution in [2.75, 3.05) is 19.5 Å². The molecule has 0 saturated heterocycles. The molecule has 0 aliphatic heterocycles. The summed E-state index contributed by atoms with van der Waals surface area (Å²) < 4.78 is 11.3. The predicted octanol–water partition coefficient (Wildman–Crippen LogP) is 4.87. The maximum atomic E-state index is 12.5. The van der Waals surface area contributed by atoms with E-state index in [0.717, 1.165) is 16.0 Å². The number of nitrogens with zero attached hydrogens (tertiary/aromatic N) is 1. The third-order valence-electron chi connectivity index (χ3n) is 3.27. The van der Waals surface area contributed by atoms with Crippen molar-refractivity contribution in [1.82, 2.24) is 4.98 Å². The zero-order chi connectivity index (χ0) is 17.3. The number of carbonyl (C=O) groups is 1. The lowest BCUT2D eigenvalue weighted by Gasteiger charge is -2.10. The topological polar surface area (TPSA) is 60.5 Å². The molecule has 0 atom stereocenters. The van der Waals surface area contributed by atoms with Gasteiger partial charge in [-0.1, -0.05) is 34.5 Å². The molecule has 1 heterocycles. The van der Waals surface area contributed by atoms with Gasteiger partial charge >= 0.3 is 0 Å². The minimum atomic E-state index is -0.401. The number of thiazole rings is 1. The Morgan fingerprint density at radius 1 is 1.17 bits per heavy atom. The second-order valence-corrected chi connectivity index (χ2v) is 6.65. The third-order valence-corrected chi connectivity index (χ3v) is 4.71. The fraction of sp³-hybridized carbons (Fsp3) is 0.125. The van der Waals surface area contributed by atoms with Crippen LogP contribution in [-0.4, -0.2) is 25.1 Å². The van der Waals surface area contributed by atoms with Crippen LogP contribution in [0.25, 0.3) is 10.2 Å². The maximum Gasteiger partial charge on any atom is 0.261 e. The Morgan fingerprint density at radius 2 is 1.96 bits per heavy atom. The predicted molar refractivity (Wildman–Crippen MR) is 97.1 cm³/mol. The van der Waals surface area contributed by atoms with E-state index in [2.05, 4.69) is 10.3 Å².